The molecule has 11 nitrogen and oxygen atoms in total. The number of piperidine rings is 2. The van der Waals surface area contributed by atoms with E-state index in [2.05, 4.69) is 50.4 Å². The van der Waals surface area contributed by atoms with Gasteiger partial charge in [0.15, 0.2) is 11.5 Å². The Hall–Kier alpha value is -4.25. The summed E-state index contributed by atoms with van der Waals surface area (Å²) in [6, 6.07) is 8.68. The van der Waals surface area contributed by atoms with Crippen molar-refractivity contribution in [1.29, 1.82) is 0 Å². The molecule has 3 N–H and O–H groups in total. The monoisotopic (exact) mass is 567 g/mol. The first-order chi connectivity index (χ1) is 20.4. The SMILES string of the molecule is CN1CCC(n2cc(Nc3nc(N4CCC[C@@H](n5ccc6cc(C7CC7)ccc6c5=O)C4)cnc3C(N)=O)cn2)CC1. The molecule has 7 rings (SSSR count). The lowest BCUT2D eigenvalue weighted by Gasteiger charge is -2.34. The molecule has 2 aliphatic heterocycles. The van der Waals surface area contributed by atoms with Gasteiger partial charge >= 0.3 is 0 Å². The molecule has 1 amide bonds. The van der Waals surface area contributed by atoms with Gasteiger partial charge in [-0.2, -0.15) is 5.10 Å². The normalized spacial score (nSPS) is 20.2. The van der Waals surface area contributed by atoms with Crippen molar-refractivity contribution in [2.45, 2.75) is 56.5 Å². The molecule has 11 heteroatoms. The molecule has 3 aromatic heterocycles. The molecule has 42 heavy (non-hydrogen) atoms. The Morgan fingerprint density at radius 2 is 1.86 bits per heavy atom. The second-order valence-corrected chi connectivity index (χ2v) is 12.0. The number of hydrogen-bond donors (Lipinski definition) is 2. The Labute approximate surface area is 244 Å². The average Bonchev–Trinajstić information content (AvgIpc) is 3.76. The zero-order valence-corrected chi connectivity index (χ0v) is 23.9. The number of benzene rings is 1. The Bertz CT molecular complexity index is 1680. The summed E-state index contributed by atoms with van der Waals surface area (Å²) in [6.07, 6.45) is 13.6. The van der Waals surface area contributed by atoms with Crippen molar-refractivity contribution in [1.82, 2.24) is 29.2 Å². The van der Waals surface area contributed by atoms with Gasteiger partial charge in [-0.15, -0.1) is 0 Å². The van der Waals surface area contributed by atoms with E-state index in [1.54, 1.807) is 12.4 Å². The number of aromatic nitrogens is 5. The van der Waals surface area contributed by atoms with Crippen LogP contribution in [0, 0.1) is 0 Å². The molecule has 0 bridgehead atoms. The van der Waals surface area contributed by atoms with Crippen LogP contribution in [-0.4, -0.2) is 68.3 Å². The quantitative estimate of drug-likeness (QED) is 0.345. The summed E-state index contributed by atoms with van der Waals surface area (Å²) < 4.78 is 3.85. The van der Waals surface area contributed by atoms with Crippen LogP contribution in [0.5, 0.6) is 0 Å². The van der Waals surface area contributed by atoms with Crippen molar-refractivity contribution in [2.75, 3.05) is 43.4 Å². The van der Waals surface area contributed by atoms with Gasteiger partial charge in [0.05, 0.1) is 30.2 Å². The fraction of sp³-hybridized carbons (Fsp3) is 0.452. The molecule has 1 aliphatic carbocycles. The second-order valence-electron chi connectivity index (χ2n) is 12.0. The van der Waals surface area contributed by atoms with Gasteiger partial charge in [-0.25, -0.2) is 9.97 Å². The van der Waals surface area contributed by atoms with E-state index < -0.39 is 5.91 Å². The summed E-state index contributed by atoms with van der Waals surface area (Å²) in [5.74, 6) is 0.945. The molecule has 1 aromatic carbocycles. The Morgan fingerprint density at radius 3 is 2.64 bits per heavy atom. The van der Waals surface area contributed by atoms with Gasteiger partial charge in [-0.1, -0.05) is 12.1 Å². The van der Waals surface area contributed by atoms with Crippen LogP contribution in [-0.2, 0) is 0 Å². The zero-order chi connectivity index (χ0) is 28.8. The fourth-order valence-electron chi connectivity index (χ4n) is 6.43. The molecule has 0 spiro atoms. The highest BCUT2D eigenvalue weighted by Crippen LogP contribution is 2.40. The van der Waals surface area contributed by atoms with Crippen molar-refractivity contribution in [2.24, 2.45) is 5.73 Å². The highest BCUT2D eigenvalue weighted by molar-refractivity contribution is 5.96. The molecule has 1 saturated carbocycles. The van der Waals surface area contributed by atoms with E-state index >= 15 is 0 Å². The molecule has 3 aliphatic rings. The molecule has 4 aromatic rings. The molecular weight excluding hydrogens is 530 g/mol. The van der Waals surface area contributed by atoms with Crippen molar-refractivity contribution in [3.05, 3.63) is 70.7 Å². The molecule has 2 saturated heterocycles. The topological polar surface area (TPSA) is 127 Å². The number of nitrogens with zero attached hydrogens (tertiary/aromatic N) is 7. The van der Waals surface area contributed by atoms with Crippen LogP contribution in [0.4, 0.5) is 17.3 Å². The summed E-state index contributed by atoms with van der Waals surface area (Å²) in [7, 11) is 2.14. The number of nitrogens with one attached hydrogen (secondary N) is 1. The van der Waals surface area contributed by atoms with Crippen LogP contribution in [0.1, 0.15) is 72.6 Å². The third-order valence-corrected chi connectivity index (χ3v) is 9.04. The standard InChI is InChI=1S/C31H37N9O2/c1-37-12-9-24(10-13-37)40-18-23(16-34-40)35-30-28(29(32)41)33-17-27(36-30)38-11-2-3-25(19-38)39-14-8-22-15-21(20-4-5-20)6-7-26(22)31(39)42/h6-8,14-18,20,24-25H,2-5,9-13,19H2,1H3,(H2,32,41)(H,35,36)/t25-/m1/s1. The van der Waals surface area contributed by atoms with Crippen LogP contribution in [0.15, 0.2) is 53.8 Å². The van der Waals surface area contributed by atoms with Crippen molar-refractivity contribution < 1.29 is 4.79 Å². The minimum Gasteiger partial charge on any atom is -0.364 e. The minimum absolute atomic E-state index is 0.000514. The van der Waals surface area contributed by atoms with E-state index in [1.807, 2.05) is 27.7 Å². The third-order valence-electron chi connectivity index (χ3n) is 9.04. The van der Waals surface area contributed by atoms with Crippen molar-refractivity contribution in [3.63, 3.8) is 0 Å². The highest BCUT2D eigenvalue weighted by atomic mass is 16.1. The number of hydrogen-bond acceptors (Lipinski definition) is 8. The number of fused-ring (bicyclic) bond motifs is 1. The predicted octanol–water partition coefficient (Wildman–Crippen LogP) is 3.82. The molecular formula is C31H37N9O2. The third kappa shape index (κ3) is 5.24. The summed E-state index contributed by atoms with van der Waals surface area (Å²) in [4.78, 5) is 39.4. The highest BCUT2D eigenvalue weighted by Gasteiger charge is 2.27. The van der Waals surface area contributed by atoms with E-state index in [9.17, 15) is 9.59 Å². The average molecular weight is 568 g/mol. The number of rotatable bonds is 7. The molecule has 0 radical (unpaired) electrons. The summed E-state index contributed by atoms with van der Waals surface area (Å²) in [6.45, 7) is 3.47. The van der Waals surface area contributed by atoms with Gasteiger partial charge in [0, 0.05) is 30.9 Å². The van der Waals surface area contributed by atoms with Crippen LogP contribution in [0.3, 0.4) is 0 Å². The maximum atomic E-state index is 13.5. The zero-order valence-electron chi connectivity index (χ0n) is 23.9. The lowest BCUT2D eigenvalue weighted by molar-refractivity contribution is 0.0996. The van der Waals surface area contributed by atoms with Gasteiger partial charge in [-0.3, -0.25) is 14.3 Å². The lowest BCUT2D eigenvalue weighted by Crippen LogP contribution is -2.40. The van der Waals surface area contributed by atoms with Gasteiger partial charge in [0.25, 0.3) is 11.5 Å². The van der Waals surface area contributed by atoms with Crippen molar-refractivity contribution in [3.8, 4) is 0 Å². The van der Waals surface area contributed by atoms with E-state index in [4.69, 9.17) is 10.7 Å². The number of likely N-dealkylation sites (tertiary alicyclic amines) is 1. The van der Waals surface area contributed by atoms with Gasteiger partial charge in [0.2, 0.25) is 0 Å². The van der Waals surface area contributed by atoms with E-state index in [0.29, 0.717) is 30.1 Å². The number of carbonyl (C=O) groups excluding carboxylic acids is 1. The number of carbonyl (C=O) groups is 1. The minimum atomic E-state index is -0.650. The summed E-state index contributed by atoms with van der Waals surface area (Å²) in [5.41, 5.74) is 7.85. The van der Waals surface area contributed by atoms with E-state index in [-0.39, 0.29) is 17.3 Å². The first-order valence-corrected chi connectivity index (χ1v) is 15.0. The van der Waals surface area contributed by atoms with Crippen LogP contribution >= 0.6 is 0 Å². The number of nitrogens with two attached hydrogens (primary N) is 1. The number of amides is 1. The van der Waals surface area contributed by atoms with Crippen LogP contribution < -0.4 is 21.5 Å². The Balaban J connectivity index is 1.11. The summed E-state index contributed by atoms with van der Waals surface area (Å²) in [5, 5.41) is 9.58. The molecule has 3 fully saturated rings. The smallest absolute Gasteiger partial charge is 0.271 e. The Morgan fingerprint density at radius 1 is 1.02 bits per heavy atom. The van der Waals surface area contributed by atoms with Gasteiger partial charge in [0.1, 0.15) is 5.82 Å². The van der Waals surface area contributed by atoms with Crippen LogP contribution in [0.25, 0.3) is 10.8 Å². The first kappa shape index (κ1) is 26.6. The largest absolute Gasteiger partial charge is 0.364 e. The van der Waals surface area contributed by atoms with Gasteiger partial charge in [-0.05, 0) is 87.7 Å². The van der Waals surface area contributed by atoms with E-state index in [0.717, 1.165) is 61.8 Å². The maximum Gasteiger partial charge on any atom is 0.271 e. The van der Waals surface area contributed by atoms with Crippen molar-refractivity contribution >= 4 is 34.0 Å². The molecule has 218 valence electrons. The summed E-state index contributed by atoms with van der Waals surface area (Å²) >= 11 is 0. The van der Waals surface area contributed by atoms with Crippen LogP contribution in [0.2, 0.25) is 0 Å². The number of anilines is 3. The fourth-order valence-corrected chi connectivity index (χ4v) is 6.43. The molecule has 0 unspecified atom stereocenters. The predicted molar refractivity (Wildman–Crippen MR) is 162 cm³/mol. The number of primary amides is 1. The first-order valence-electron chi connectivity index (χ1n) is 15.0. The second kappa shape index (κ2) is 10.9. The Kier molecular flexibility index (Phi) is 6.89. The number of pyridine rings is 1. The maximum absolute atomic E-state index is 13.5. The lowest BCUT2D eigenvalue weighted by atomic mass is 10.0. The van der Waals surface area contributed by atoms with Gasteiger partial charge < -0.3 is 25.4 Å². The molecule has 5 heterocycles. The van der Waals surface area contributed by atoms with E-state index in [1.165, 1.54) is 18.4 Å². The molecule has 1 atom stereocenters.